The van der Waals surface area contributed by atoms with Crippen molar-refractivity contribution in [2.75, 3.05) is 0 Å². The first kappa shape index (κ1) is 16.5. The zero-order valence-electron chi connectivity index (χ0n) is 14.2. The fourth-order valence-electron chi connectivity index (χ4n) is 3.34. The molecule has 24 heavy (non-hydrogen) atoms. The molecule has 1 N–H and O–H groups in total. The van der Waals surface area contributed by atoms with Gasteiger partial charge in [0.25, 0.3) is 0 Å². The van der Waals surface area contributed by atoms with Crippen LogP contribution in [0.3, 0.4) is 0 Å². The predicted molar refractivity (Wildman–Crippen MR) is 90.9 cm³/mol. The number of hydrogen-bond donors (Lipinski definition) is 1. The summed E-state index contributed by atoms with van der Waals surface area (Å²) in [7, 11) is 1.93. The van der Waals surface area contributed by atoms with Crippen LogP contribution in [0.25, 0.3) is 0 Å². The highest BCUT2D eigenvalue weighted by atomic mass is 16.2. The van der Waals surface area contributed by atoms with E-state index in [0.29, 0.717) is 18.9 Å². The third kappa shape index (κ3) is 3.42. The largest absolute Gasteiger partial charge is 0.347 e. The molecule has 1 aliphatic carbocycles. The molecule has 1 saturated carbocycles. The molecule has 1 aromatic heterocycles. The van der Waals surface area contributed by atoms with E-state index in [1.165, 1.54) is 6.08 Å². The summed E-state index contributed by atoms with van der Waals surface area (Å²) < 4.78 is 1.94. The van der Waals surface area contributed by atoms with E-state index in [9.17, 15) is 9.59 Å². The lowest BCUT2D eigenvalue weighted by Crippen LogP contribution is -2.53. The van der Waals surface area contributed by atoms with Crippen molar-refractivity contribution < 1.29 is 9.59 Å². The second kappa shape index (κ2) is 7.03. The summed E-state index contributed by atoms with van der Waals surface area (Å²) in [6.45, 7) is 1.90. The van der Waals surface area contributed by atoms with E-state index in [-0.39, 0.29) is 23.9 Å². The Bertz CT molecular complexity index is 672. The lowest BCUT2D eigenvalue weighted by Gasteiger charge is -2.41. The zero-order chi connectivity index (χ0) is 17.1. The zero-order valence-corrected chi connectivity index (χ0v) is 14.2. The molecule has 3 rings (SSSR count). The molecule has 1 saturated heterocycles. The molecule has 0 unspecified atom stereocenters. The van der Waals surface area contributed by atoms with E-state index in [2.05, 4.69) is 10.3 Å². The smallest absolute Gasteiger partial charge is 0.244 e. The second-order valence-electron chi connectivity index (χ2n) is 6.45. The van der Waals surface area contributed by atoms with Gasteiger partial charge in [0.05, 0.1) is 30.3 Å². The highest BCUT2D eigenvalue weighted by Crippen LogP contribution is 2.40. The molecule has 2 fully saturated rings. The van der Waals surface area contributed by atoms with Gasteiger partial charge in [0.15, 0.2) is 0 Å². The minimum absolute atomic E-state index is 0.0959. The van der Waals surface area contributed by atoms with Crippen molar-refractivity contribution in [3.8, 4) is 0 Å². The summed E-state index contributed by atoms with van der Waals surface area (Å²) in [4.78, 5) is 30.9. The van der Waals surface area contributed by atoms with Crippen molar-refractivity contribution in [3.63, 3.8) is 0 Å². The minimum atomic E-state index is -0.148. The van der Waals surface area contributed by atoms with E-state index in [1.807, 2.05) is 35.6 Å². The number of allylic oxidation sites excluding steroid dienone is 3. The van der Waals surface area contributed by atoms with Gasteiger partial charge in [0.1, 0.15) is 0 Å². The molecule has 0 bridgehead atoms. The Balaban J connectivity index is 1.84. The monoisotopic (exact) mass is 328 g/mol. The number of rotatable bonds is 5. The first-order valence-electron chi connectivity index (χ1n) is 8.49. The van der Waals surface area contributed by atoms with Gasteiger partial charge in [-0.3, -0.25) is 9.59 Å². The van der Waals surface area contributed by atoms with Crippen molar-refractivity contribution in [3.05, 3.63) is 42.5 Å². The van der Waals surface area contributed by atoms with Crippen molar-refractivity contribution in [2.45, 2.75) is 50.7 Å². The molecule has 2 heterocycles. The second-order valence-corrected chi connectivity index (χ2v) is 6.45. The average molecular weight is 328 g/mol. The van der Waals surface area contributed by atoms with Gasteiger partial charge >= 0.3 is 0 Å². The number of aromatic nitrogens is 2. The van der Waals surface area contributed by atoms with Gasteiger partial charge in [0, 0.05) is 25.6 Å². The van der Waals surface area contributed by atoms with Gasteiger partial charge in [-0.25, -0.2) is 4.98 Å². The van der Waals surface area contributed by atoms with E-state index in [1.54, 1.807) is 18.6 Å². The van der Waals surface area contributed by atoms with Gasteiger partial charge in [0.2, 0.25) is 11.8 Å². The molecule has 1 aliphatic heterocycles. The SMILES string of the molecule is CC=CC=CC(=O)N[C@@H]1CCC(=O)N(C2CC2)[C@H]1c1cncn1C. The third-order valence-corrected chi connectivity index (χ3v) is 4.61. The minimum Gasteiger partial charge on any atom is -0.347 e. The lowest BCUT2D eigenvalue weighted by atomic mass is 9.92. The van der Waals surface area contributed by atoms with Gasteiger partial charge < -0.3 is 14.8 Å². The van der Waals surface area contributed by atoms with Crippen LogP contribution in [-0.2, 0) is 16.6 Å². The molecule has 0 radical (unpaired) electrons. The highest BCUT2D eigenvalue weighted by molar-refractivity contribution is 5.88. The Morgan fingerprint density at radius 2 is 2.12 bits per heavy atom. The first-order chi connectivity index (χ1) is 11.6. The maximum atomic E-state index is 12.5. The summed E-state index contributed by atoms with van der Waals surface area (Å²) in [6.07, 6.45) is 13.7. The number of piperidine rings is 1. The van der Waals surface area contributed by atoms with Crippen LogP contribution in [-0.4, -0.2) is 38.3 Å². The number of amides is 2. The number of aryl methyl sites for hydroxylation is 1. The number of carbonyl (C=O) groups is 2. The summed E-state index contributed by atoms with van der Waals surface area (Å²) in [5.74, 6) is 0.0500. The Hall–Kier alpha value is -2.37. The van der Waals surface area contributed by atoms with Crippen molar-refractivity contribution >= 4 is 11.8 Å². The summed E-state index contributed by atoms with van der Waals surface area (Å²) in [5.41, 5.74) is 0.970. The highest BCUT2D eigenvalue weighted by Gasteiger charge is 2.45. The van der Waals surface area contributed by atoms with E-state index in [4.69, 9.17) is 0 Å². The summed E-state index contributed by atoms with van der Waals surface area (Å²) >= 11 is 0. The van der Waals surface area contributed by atoms with E-state index in [0.717, 1.165) is 18.5 Å². The average Bonchev–Trinajstić information content (AvgIpc) is 3.30. The number of nitrogens with zero attached hydrogens (tertiary/aromatic N) is 3. The van der Waals surface area contributed by atoms with Crippen LogP contribution >= 0.6 is 0 Å². The van der Waals surface area contributed by atoms with Gasteiger partial charge in [-0.05, 0) is 26.2 Å². The van der Waals surface area contributed by atoms with Crippen LogP contribution in [0.4, 0.5) is 0 Å². The topological polar surface area (TPSA) is 67.2 Å². The van der Waals surface area contributed by atoms with Crippen LogP contribution in [0.2, 0.25) is 0 Å². The van der Waals surface area contributed by atoms with Gasteiger partial charge in [-0.15, -0.1) is 0 Å². The molecule has 128 valence electrons. The molecule has 6 nitrogen and oxygen atoms in total. The maximum Gasteiger partial charge on any atom is 0.244 e. The fraction of sp³-hybridized carbons (Fsp3) is 0.500. The molecule has 2 aliphatic rings. The number of carbonyl (C=O) groups excluding carboxylic acids is 2. The van der Waals surface area contributed by atoms with E-state index >= 15 is 0 Å². The molecule has 6 heteroatoms. The molecule has 0 spiro atoms. The standard InChI is InChI=1S/C18H24N4O2/c1-3-4-5-6-16(23)20-14-9-10-17(24)22(13-7-8-13)18(14)15-11-19-12-21(15)2/h3-6,11-14,18H,7-10H2,1-2H3,(H,20,23)/t14-,18-/m1/s1. The number of hydrogen-bond acceptors (Lipinski definition) is 3. The molecular weight excluding hydrogens is 304 g/mol. The Kier molecular flexibility index (Phi) is 4.83. The summed E-state index contributed by atoms with van der Waals surface area (Å²) in [6, 6.07) is 0.0578. The number of nitrogens with one attached hydrogen (secondary N) is 1. The Labute approximate surface area is 142 Å². The quantitative estimate of drug-likeness (QED) is 0.663. The first-order valence-corrected chi connectivity index (χ1v) is 8.49. The van der Waals surface area contributed by atoms with Gasteiger partial charge in [-0.1, -0.05) is 18.2 Å². The van der Waals surface area contributed by atoms with Crippen molar-refractivity contribution in [1.29, 1.82) is 0 Å². The van der Waals surface area contributed by atoms with Crippen LogP contribution in [0.5, 0.6) is 0 Å². The Morgan fingerprint density at radius 3 is 2.75 bits per heavy atom. The van der Waals surface area contributed by atoms with E-state index < -0.39 is 0 Å². The molecule has 0 aromatic carbocycles. The summed E-state index contributed by atoms with van der Waals surface area (Å²) in [5, 5.41) is 3.08. The molecule has 2 amide bonds. The predicted octanol–water partition coefficient (Wildman–Crippen LogP) is 1.86. The maximum absolute atomic E-state index is 12.5. The van der Waals surface area contributed by atoms with Crippen LogP contribution in [0, 0.1) is 0 Å². The molecule has 2 atom stereocenters. The molecule has 1 aromatic rings. The molecular formula is C18H24N4O2. The fourth-order valence-corrected chi connectivity index (χ4v) is 3.34. The Morgan fingerprint density at radius 1 is 1.33 bits per heavy atom. The van der Waals surface area contributed by atoms with Crippen LogP contribution < -0.4 is 5.32 Å². The normalized spacial score (nSPS) is 24.9. The van der Waals surface area contributed by atoms with Crippen LogP contribution in [0.1, 0.15) is 44.3 Å². The van der Waals surface area contributed by atoms with Crippen LogP contribution in [0.15, 0.2) is 36.8 Å². The number of likely N-dealkylation sites (tertiary alicyclic amines) is 1. The number of imidazole rings is 1. The third-order valence-electron chi connectivity index (χ3n) is 4.61. The van der Waals surface area contributed by atoms with Crippen molar-refractivity contribution in [2.24, 2.45) is 7.05 Å². The lowest BCUT2D eigenvalue weighted by molar-refractivity contribution is -0.140. The van der Waals surface area contributed by atoms with Gasteiger partial charge in [-0.2, -0.15) is 0 Å². The van der Waals surface area contributed by atoms with Crippen molar-refractivity contribution in [1.82, 2.24) is 19.8 Å².